The normalized spacial score (nSPS) is 24.2. The summed E-state index contributed by atoms with van der Waals surface area (Å²) < 4.78 is 1.21. The molecule has 0 saturated carbocycles. The molecule has 84 valence electrons. The Labute approximate surface area is 92.4 Å². The number of rotatable bonds is 2. The number of carbonyl (C=O) groups is 2. The van der Waals surface area contributed by atoms with Gasteiger partial charge in [0.1, 0.15) is 0 Å². The summed E-state index contributed by atoms with van der Waals surface area (Å²) in [4.78, 5) is 23.0. The van der Waals surface area contributed by atoms with Gasteiger partial charge < -0.3 is 5.11 Å². The van der Waals surface area contributed by atoms with Crippen LogP contribution in [0.15, 0.2) is 30.6 Å². The van der Waals surface area contributed by atoms with Crippen molar-refractivity contribution in [1.82, 2.24) is 9.78 Å². The molecule has 0 saturated heterocycles. The van der Waals surface area contributed by atoms with Gasteiger partial charge in [0.15, 0.2) is 0 Å². The molecule has 0 unspecified atom stereocenters. The molecule has 5 heteroatoms. The molecule has 1 aromatic heterocycles. The van der Waals surface area contributed by atoms with Crippen LogP contribution in [0.3, 0.4) is 0 Å². The number of aliphatic carboxylic acids is 1. The van der Waals surface area contributed by atoms with Gasteiger partial charge in [0, 0.05) is 12.4 Å². The average Bonchev–Trinajstić information content (AvgIpc) is 2.81. The number of hydrogen-bond donors (Lipinski definition) is 1. The predicted octanol–water partition coefficient (Wildman–Crippen LogP) is 1.19. The number of carboxylic acids is 1. The van der Waals surface area contributed by atoms with Gasteiger partial charge in [-0.25, -0.2) is 4.68 Å². The maximum Gasteiger partial charge on any atom is 0.307 e. The van der Waals surface area contributed by atoms with E-state index < -0.39 is 17.8 Å². The van der Waals surface area contributed by atoms with Crippen LogP contribution in [0.2, 0.25) is 0 Å². The van der Waals surface area contributed by atoms with Crippen molar-refractivity contribution in [3.05, 3.63) is 30.6 Å². The second-order valence-corrected chi connectivity index (χ2v) is 3.78. The highest BCUT2D eigenvalue weighted by Crippen LogP contribution is 2.27. The minimum Gasteiger partial charge on any atom is -0.481 e. The lowest BCUT2D eigenvalue weighted by Gasteiger charge is -2.23. The Kier molecular flexibility index (Phi) is 2.85. The first-order chi connectivity index (χ1) is 7.70. The number of aromatic nitrogens is 2. The van der Waals surface area contributed by atoms with Crippen LogP contribution in [0.25, 0.3) is 0 Å². The minimum absolute atomic E-state index is 0.248. The third-order valence-electron chi connectivity index (χ3n) is 2.80. The molecule has 0 aliphatic heterocycles. The molecule has 1 aliphatic rings. The van der Waals surface area contributed by atoms with Crippen molar-refractivity contribution >= 4 is 11.9 Å². The Balaban J connectivity index is 2.22. The van der Waals surface area contributed by atoms with Crippen molar-refractivity contribution in [3.63, 3.8) is 0 Å². The monoisotopic (exact) mass is 220 g/mol. The second-order valence-electron chi connectivity index (χ2n) is 3.78. The third kappa shape index (κ3) is 1.88. The number of carbonyl (C=O) groups excluding carboxylic acids is 1. The lowest BCUT2D eigenvalue weighted by Crippen LogP contribution is -2.34. The van der Waals surface area contributed by atoms with Gasteiger partial charge in [-0.05, 0) is 18.9 Å². The zero-order chi connectivity index (χ0) is 11.5. The Morgan fingerprint density at radius 3 is 2.50 bits per heavy atom. The quantitative estimate of drug-likeness (QED) is 0.760. The smallest absolute Gasteiger partial charge is 0.307 e. The third-order valence-corrected chi connectivity index (χ3v) is 2.80. The molecule has 0 amide bonds. The highest BCUT2D eigenvalue weighted by molar-refractivity contribution is 5.86. The Bertz CT molecular complexity index is 422. The fraction of sp³-hybridized carbons (Fsp3) is 0.364. The summed E-state index contributed by atoms with van der Waals surface area (Å²) in [6.07, 6.45) is 7.59. The van der Waals surface area contributed by atoms with Gasteiger partial charge in [-0.1, -0.05) is 12.2 Å². The van der Waals surface area contributed by atoms with Crippen LogP contribution >= 0.6 is 0 Å². The second kappa shape index (κ2) is 4.30. The fourth-order valence-electron chi connectivity index (χ4n) is 1.93. The van der Waals surface area contributed by atoms with Gasteiger partial charge in [0.05, 0.1) is 11.8 Å². The predicted molar refractivity (Wildman–Crippen MR) is 55.8 cm³/mol. The zero-order valence-corrected chi connectivity index (χ0v) is 8.61. The molecular formula is C11H12N2O3. The number of carboxylic acid groups (broad SMARTS) is 1. The molecule has 0 aromatic carbocycles. The first-order valence-corrected chi connectivity index (χ1v) is 5.12. The standard InChI is InChI=1S/C11H12N2O3/c14-10(13-7-3-6-12-13)8-4-1-2-5-9(8)11(15)16/h1-3,6-9H,4-5H2,(H,15,16)/t8-,9+/m0/s1. The van der Waals surface area contributed by atoms with E-state index in [2.05, 4.69) is 5.10 Å². The van der Waals surface area contributed by atoms with E-state index in [9.17, 15) is 9.59 Å². The minimum atomic E-state index is -0.921. The summed E-state index contributed by atoms with van der Waals surface area (Å²) in [6.45, 7) is 0. The van der Waals surface area contributed by atoms with Gasteiger partial charge in [-0.2, -0.15) is 5.10 Å². The molecule has 0 spiro atoms. The molecule has 1 aromatic rings. The van der Waals surface area contributed by atoms with Crippen molar-refractivity contribution in [2.45, 2.75) is 12.8 Å². The van der Waals surface area contributed by atoms with Crippen molar-refractivity contribution in [1.29, 1.82) is 0 Å². The number of allylic oxidation sites excluding steroid dienone is 2. The maximum absolute atomic E-state index is 12.0. The summed E-state index contributed by atoms with van der Waals surface area (Å²) in [7, 11) is 0. The van der Waals surface area contributed by atoms with Crippen molar-refractivity contribution in [2.24, 2.45) is 11.8 Å². The lowest BCUT2D eigenvalue weighted by atomic mass is 9.82. The molecule has 1 N–H and O–H groups in total. The van der Waals surface area contributed by atoms with E-state index in [1.807, 2.05) is 12.2 Å². The van der Waals surface area contributed by atoms with Gasteiger partial charge in [-0.3, -0.25) is 9.59 Å². The van der Waals surface area contributed by atoms with Crippen LogP contribution in [0.4, 0.5) is 0 Å². The van der Waals surface area contributed by atoms with Crippen LogP contribution in [0.1, 0.15) is 17.6 Å². The highest BCUT2D eigenvalue weighted by Gasteiger charge is 2.34. The summed E-state index contributed by atoms with van der Waals surface area (Å²) in [5.74, 6) is -2.32. The first kappa shape index (κ1) is 10.6. The van der Waals surface area contributed by atoms with Crippen LogP contribution in [0.5, 0.6) is 0 Å². The van der Waals surface area contributed by atoms with Gasteiger partial charge in [0.25, 0.3) is 5.91 Å². The largest absolute Gasteiger partial charge is 0.481 e. The summed E-state index contributed by atoms with van der Waals surface area (Å²) in [5.41, 5.74) is 0. The lowest BCUT2D eigenvalue weighted by molar-refractivity contribution is -0.143. The van der Waals surface area contributed by atoms with E-state index in [0.29, 0.717) is 12.8 Å². The molecule has 5 nitrogen and oxygen atoms in total. The van der Waals surface area contributed by atoms with Crippen LogP contribution in [-0.2, 0) is 4.79 Å². The summed E-state index contributed by atoms with van der Waals surface area (Å²) in [5, 5.41) is 12.9. The van der Waals surface area contributed by atoms with E-state index >= 15 is 0 Å². The Morgan fingerprint density at radius 2 is 1.94 bits per heavy atom. The Hall–Kier alpha value is -1.91. The maximum atomic E-state index is 12.0. The van der Waals surface area contributed by atoms with Crippen molar-refractivity contribution < 1.29 is 14.7 Å². The van der Waals surface area contributed by atoms with Crippen LogP contribution < -0.4 is 0 Å². The fourth-order valence-corrected chi connectivity index (χ4v) is 1.93. The van der Waals surface area contributed by atoms with Crippen molar-refractivity contribution in [2.75, 3.05) is 0 Å². The number of hydrogen-bond acceptors (Lipinski definition) is 3. The molecule has 2 atom stereocenters. The summed E-state index contributed by atoms with van der Waals surface area (Å²) in [6, 6.07) is 1.65. The molecule has 2 rings (SSSR count). The zero-order valence-electron chi connectivity index (χ0n) is 8.61. The highest BCUT2D eigenvalue weighted by atomic mass is 16.4. The molecule has 1 heterocycles. The number of nitrogens with zero attached hydrogens (tertiary/aromatic N) is 2. The van der Waals surface area contributed by atoms with E-state index in [4.69, 9.17) is 5.11 Å². The molecular weight excluding hydrogens is 208 g/mol. The van der Waals surface area contributed by atoms with E-state index in [1.165, 1.54) is 10.9 Å². The summed E-state index contributed by atoms with van der Waals surface area (Å²) >= 11 is 0. The molecule has 16 heavy (non-hydrogen) atoms. The SMILES string of the molecule is O=C(O)[C@@H]1CC=CC[C@@H]1C(=O)n1cccn1. The van der Waals surface area contributed by atoms with Crippen LogP contribution in [-0.4, -0.2) is 26.8 Å². The molecule has 1 aliphatic carbocycles. The molecule has 0 bridgehead atoms. The van der Waals surface area contributed by atoms with Gasteiger partial charge >= 0.3 is 5.97 Å². The molecule has 0 fully saturated rings. The average molecular weight is 220 g/mol. The Morgan fingerprint density at radius 1 is 1.25 bits per heavy atom. The van der Waals surface area contributed by atoms with Gasteiger partial charge in [0.2, 0.25) is 0 Å². The topological polar surface area (TPSA) is 72.2 Å². The van der Waals surface area contributed by atoms with Gasteiger partial charge in [-0.15, -0.1) is 0 Å². The van der Waals surface area contributed by atoms with Crippen LogP contribution in [0, 0.1) is 11.8 Å². The molecule has 0 radical (unpaired) electrons. The van der Waals surface area contributed by atoms with Crippen molar-refractivity contribution in [3.8, 4) is 0 Å². The van der Waals surface area contributed by atoms with E-state index in [0.717, 1.165) is 0 Å². The van der Waals surface area contributed by atoms with E-state index in [1.54, 1.807) is 12.3 Å². The first-order valence-electron chi connectivity index (χ1n) is 5.12. The van der Waals surface area contributed by atoms with E-state index in [-0.39, 0.29) is 5.91 Å².